The smallest absolute Gasteiger partial charge is 0.271 e. The van der Waals surface area contributed by atoms with Crippen LogP contribution in [-0.4, -0.2) is 24.6 Å². The molecule has 2 rings (SSSR count). The number of nitrogens with zero attached hydrogens (tertiary/aromatic N) is 1. The molecular weight excluding hydrogens is 325 g/mol. The zero-order valence-electron chi connectivity index (χ0n) is 12.5. The van der Waals surface area contributed by atoms with Gasteiger partial charge in [0, 0.05) is 25.2 Å². The molecule has 0 radical (unpaired) electrons. The van der Waals surface area contributed by atoms with Gasteiger partial charge in [0.25, 0.3) is 5.69 Å². The lowest BCUT2D eigenvalue weighted by Crippen LogP contribution is -2.28. The molecule has 0 amide bonds. The summed E-state index contributed by atoms with van der Waals surface area (Å²) in [5.41, 5.74) is 0.753. The minimum atomic E-state index is -0.443. The minimum absolute atomic E-state index is 0. The third-order valence-electron chi connectivity index (χ3n) is 3.94. The van der Waals surface area contributed by atoms with Crippen LogP contribution in [0.4, 0.5) is 11.4 Å². The summed E-state index contributed by atoms with van der Waals surface area (Å²) < 4.78 is 0. The molecule has 1 fully saturated rings. The summed E-state index contributed by atoms with van der Waals surface area (Å²) in [4.78, 5) is 10.2. The maximum Gasteiger partial charge on any atom is 0.271 e. The Kier molecular flexibility index (Phi) is 8.53. The number of non-ortho nitro benzene ring substituents is 1. The Hall–Kier alpha value is -1.04. The number of nitro groups is 1. The van der Waals surface area contributed by atoms with Gasteiger partial charge in [-0.15, -0.1) is 12.4 Å². The maximum absolute atomic E-state index is 10.6. The summed E-state index contributed by atoms with van der Waals surface area (Å²) in [7, 11) is 0. The van der Waals surface area contributed by atoms with E-state index in [1.54, 1.807) is 6.07 Å². The number of rotatable bonds is 7. The van der Waals surface area contributed by atoms with E-state index in [1.165, 1.54) is 44.2 Å². The van der Waals surface area contributed by atoms with Gasteiger partial charge in [0.15, 0.2) is 0 Å². The molecule has 124 valence electrons. The highest BCUT2D eigenvalue weighted by atomic mass is 35.5. The van der Waals surface area contributed by atoms with Crippen LogP contribution < -0.4 is 10.6 Å². The molecule has 0 bridgehead atoms. The molecule has 0 aromatic heterocycles. The molecule has 7 heteroatoms. The molecule has 2 N–H and O–H groups in total. The lowest BCUT2D eigenvalue weighted by atomic mass is 9.89. The first-order valence-electron chi connectivity index (χ1n) is 7.55. The second-order valence-electron chi connectivity index (χ2n) is 5.56. The molecule has 1 aromatic carbocycles. The van der Waals surface area contributed by atoms with E-state index in [1.807, 2.05) is 0 Å². The number of nitrogens with one attached hydrogen (secondary N) is 2. The van der Waals surface area contributed by atoms with Gasteiger partial charge >= 0.3 is 0 Å². The summed E-state index contributed by atoms with van der Waals surface area (Å²) in [6.07, 6.45) is 6.80. The number of nitro benzene ring substituents is 1. The number of hydrogen-bond acceptors (Lipinski definition) is 4. The molecule has 0 aliphatic heterocycles. The Balaban J connectivity index is 0.00000242. The number of benzene rings is 1. The van der Waals surface area contributed by atoms with Crippen molar-refractivity contribution in [3.63, 3.8) is 0 Å². The summed E-state index contributed by atoms with van der Waals surface area (Å²) >= 11 is 6.02. The predicted octanol–water partition coefficient (Wildman–Crippen LogP) is 4.25. The fraction of sp³-hybridized carbons (Fsp3) is 0.600. The zero-order chi connectivity index (χ0) is 15.1. The summed E-state index contributed by atoms with van der Waals surface area (Å²) in [6, 6.07) is 4.49. The third kappa shape index (κ3) is 5.99. The topological polar surface area (TPSA) is 67.2 Å². The molecule has 0 unspecified atom stereocenters. The van der Waals surface area contributed by atoms with Crippen molar-refractivity contribution in [2.24, 2.45) is 5.92 Å². The molecule has 0 spiro atoms. The van der Waals surface area contributed by atoms with Crippen molar-refractivity contribution in [1.29, 1.82) is 0 Å². The Morgan fingerprint density at radius 1 is 1.23 bits per heavy atom. The van der Waals surface area contributed by atoms with Crippen LogP contribution >= 0.6 is 24.0 Å². The SMILES string of the molecule is Cl.O=[N+]([O-])c1ccc(NCCNCC2CCCCC2)c(Cl)c1. The van der Waals surface area contributed by atoms with E-state index in [2.05, 4.69) is 10.6 Å². The van der Waals surface area contributed by atoms with Gasteiger partial charge in [-0.3, -0.25) is 10.1 Å². The Bertz CT molecular complexity index is 480. The largest absolute Gasteiger partial charge is 0.383 e. The van der Waals surface area contributed by atoms with Gasteiger partial charge in [0.1, 0.15) is 0 Å². The fourth-order valence-corrected chi connectivity index (χ4v) is 2.99. The predicted molar refractivity (Wildman–Crippen MR) is 93.3 cm³/mol. The molecule has 5 nitrogen and oxygen atoms in total. The van der Waals surface area contributed by atoms with Crippen molar-refractivity contribution >= 4 is 35.4 Å². The van der Waals surface area contributed by atoms with Crippen LogP contribution in [0.5, 0.6) is 0 Å². The highest BCUT2D eigenvalue weighted by molar-refractivity contribution is 6.33. The minimum Gasteiger partial charge on any atom is -0.383 e. The lowest BCUT2D eigenvalue weighted by molar-refractivity contribution is -0.384. The highest BCUT2D eigenvalue weighted by Gasteiger charge is 2.12. The standard InChI is InChI=1S/C15H22ClN3O2.ClH/c16-14-10-13(19(20)21)6-7-15(14)18-9-8-17-11-12-4-2-1-3-5-12;/h6-7,10,12,17-18H,1-5,8-9,11H2;1H. The van der Waals surface area contributed by atoms with Crippen LogP contribution in [0.2, 0.25) is 5.02 Å². The van der Waals surface area contributed by atoms with Crippen molar-refractivity contribution in [2.45, 2.75) is 32.1 Å². The zero-order valence-corrected chi connectivity index (χ0v) is 14.1. The Labute approximate surface area is 142 Å². The van der Waals surface area contributed by atoms with Crippen molar-refractivity contribution in [1.82, 2.24) is 5.32 Å². The third-order valence-corrected chi connectivity index (χ3v) is 4.25. The quantitative estimate of drug-likeness (QED) is 0.439. The van der Waals surface area contributed by atoms with E-state index in [0.717, 1.165) is 31.2 Å². The number of halogens is 2. The lowest BCUT2D eigenvalue weighted by Gasteiger charge is -2.21. The number of anilines is 1. The van der Waals surface area contributed by atoms with Crippen LogP contribution in [0.15, 0.2) is 18.2 Å². The van der Waals surface area contributed by atoms with Gasteiger partial charge in [-0.05, 0) is 31.4 Å². The average Bonchev–Trinajstić information content (AvgIpc) is 2.49. The van der Waals surface area contributed by atoms with Crippen LogP contribution in [0.25, 0.3) is 0 Å². The van der Waals surface area contributed by atoms with Gasteiger partial charge < -0.3 is 10.6 Å². The highest BCUT2D eigenvalue weighted by Crippen LogP contribution is 2.26. The van der Waals surface area contributed by atoms with Gasteiger partial charge in [-0.2, -0.15) is 0 Å². The second kappa shape index (κ2) is 9.87. The van der Waals surface area contributed by atoms with Gasteiger partial charge in [-0.1, -0.05) is 30.9 Å². The van der Waals surface area contributed by atoms with E-state index >= 15 is 0 Å². The van der Waals surface area contributed by atoms with Gasteiger partial charge in [-0.25, -0.2) is 0 Å². The molecule has 0 saturated heterocycles. The first kappa shape index (κ1) is 19.0. The van der Waals surface area contributed by atoms with Gasteiger partial charge in [0.2, 0.25) is 0 Å². The fourth-order valence-electron chi connectivity index (χ4n) is 2.74. The molecule has 1 aliphatic rings. The van der Waals surface area contributed by atoms with E-state index in [4.69, 9.17) is 11.6 Å². The molecule has 0 heterocycles. The maximum atomic E-state index is 10.6. The van der Waals surface area contributed by atoms with Crippen LogP contribution in [-0.2, 0) is 0 Å². The van der Waals surface area contributed by atoms with E-state index in [9.17, 15) is 10.1 Å². The molecule has 1 aliphatic carbocycles. The normalized spacial score (nSPS) is 15.1. The average molecular weight is 348 g/mol. The Morgan fingerprint density at radius 3 is 2.59 bits per heavy atom. The monoisotopic (exact) mass is 347 g/mol. The molecular formula is C15H23Cl2N3O2. The van der Waals surface area contributed by atoms with Crippen molar-refractivity contribution in [2.75, 3.05) is 25.0 Å². The summed E-state index contributed by atoms with van der Waals surface area (Å²) in [5.74, 6) is 0.821. The second-order valence-corrected chi connectivity index (χ2v) is 5.96. The van der Waals surface area contributed by atoms with E-state index in [0.29, 0.717) is 5.02 Å². The summed E-state index contributed by atoms with van der Waals surface area (Å²) in [5, 5.41) is 17.7. The van der Waals surface area contributed by atoms with Crippen LogP contribution in [0.1, 0.15) is 32.1 Å². The van der Waals surface area contributed by atoms with Crippen molar-refractivity contribution < 1.29 is 4.92 Å². The molecule has 0 atom stereocenters. The molecule has 1 saturated carbocycles. The first-order valence-corrected chi connectivity index (χ1v) is 7.93. The van der Waals surface area contributed by atoms with Crippen LogP contribution in [0.3, 0.4) is 0 Å². The molecule has 1 aromatic rings. The van der Waals surface area contributed by atoms with E-state index < -0.39 is 4.92 Å². The summed E-state index contributed by atoms with van der Waals surface area (Å²) in [6.45, 7) is 2.70. The van der Waals surface area contributed by atoms with E-state index in [-0.39, 0.29) is 18.1 Å². The first-order chi connectivity index (χ1) is 10.2. The molecule has 22 heavy (non-hydrogen) atoms. The van der Waals surface area contributed by atoms with Gasteiger partial charge in [0.05, 0.1) is 15.6 Å². The Morgan fingerprint density at radius 2 is 1.95 bits per heavy atom. The number of hydrogen-bond donors (Lipinski definition) is 2. The van der Waals surface area contributed by atoms with Crippen LogP contribution in [0, 0.1) is 16.0 Å². The van der Waals surface area contributed by atoms with Crippen molar-refractivity contribution in [3.8, 4) is 0 Å². The van der Waals surface area contributed by atoms with Crippen molar-refractivity contribution in [3.05, 3.63) is 33.3 Å².